The normalized spacial score (nSPS) is 14.5. The zero-order valence-electron chi connectivity index (χ0n) is 16.2. The molecule has 0 aliphatic carbocycles. The molecule has 0 amide bonds. The quantitative estimate of drug-likeness (QED) is 0.744. The lowest BCUT2D eigenvalue weighted by Crippen LogP contribution is -2.19. The molecule has 0 bridgehead atoms. The van der Waals surface area contributed by atoms with Crippen molar-refractivity contribution in [1.29, 1.82) is 0 Å². The van der Waals surface area contributed by atoms with E-state index in [-0.39, 0.29) is 6.04 Å². The van der Waals surface area contributed by atoms with Crippen molar-refractivity contribution in [2.75, 3.05) is 6.61 Å². The maximum absolute atomic E-state index is 5.70. The van der Waals surface area contributed by atoms with Gasteiger partial charge in [-0.15, -0.1) is 0 Å². The summed E-state index contributed by atoms with van der Waals surface area (Å²) in [4.78, 5) is 8.97. The molecule has 1 aliphatic rings. The van der Waals surface area contributed by atoms with Crippen LogP contribution in [0.1, 0.15) is 47.5 Å². The van der Waals surface area contributed by atoms with E-state index in [1.165, 1.54) is 16.7 Å². The molecule has 1 aliphatic heterocycles. The summed E-state index contributed by atoms with van der Waals surface area (Å²) in [5.74, 6) is 1.95. The maximum Gasteiger partial charge on any atom is 0.138 e. The molecule has 0 saturated heterocycles. The maximum atomic E-state index is 5.70. The highest BCUT2D eigenvalue weighted by Crippen LogP contribution is 2.26. The Kier molecular flexibility index (Phi) is 4.94. The summed E-state index contributed by atoms with van der Waals surface area (Å²) in [6, 6.07) is 10.9. The lowest BCUT2D eigenvalue weighted by Gasteiger charge is -2.19. The van der Waals surface area contributed by atoms with Crippen LogP contribution in [-0.4, -0.2) is 21.1 Å². The number of nitrogens with one attached hydrogen (secondary N) is 1. The lowest BCUT2D eigenvalue weighted by molar-refractivity contribution is 0.288. The van der Waals surface area contributed by atoms with Gasteiger partial charge >= 0.3 is 0 Å². The zero-order chi connectivity index (χ0) is 18.8. The molecule has 3 aromatic rings. The van der Waals surface area contributed by atoms with E-state index in [1.54, 1.807) is 0 Å². The summed E-state index contributed by atoms with van der Waals surface area (Å²) in [5.41, 5.74) is 5.95. The first-order chi connectivity index (χ1) is 13.1. The minimum absolute atomic E-state index is 0.226. The van der Waals surface area contributed by atoms with Crippen molar-refractivity contribution < 1.29 is 4.74 Å². The number of aryl methyl sites for hydroxylation is 2. The molecular weight excluding hydrogens is 336 g/mol. The van der Waals surface area contributed by atoms with Crippen LogP contribution in [0.25, 0.3) is 5.82 Å². The summed E-state index contributed by atoms with van der Waals surface area (Å²) < 4.78 is 7.72. The Morgan fingerprint density at radius 1 is 1.19 bits per heavy atom. The fourth-order valence-corrected chi connectivity index (χ4v) is 3.44. The van der Waals surface area contributed by atoms with Gasteiger partial charge in [0.25, 0.3) is 0 Å². The van der Waals surface area contributed by atoms with Crippen LogP contribution >= 0.6 is 0 Å². The predicted molar refractivity (Wildman–Crippen MR) is 106 cm³/mol. The highest BCUT2D eigenvalue weighted by Gasteiger charge is 2.12. The summed E-state index contributed by atoms with van der Waals surface area (Å²) in [6.07, 6.45) is 5.99. The molecule has 1 atom stereocenters. The average Bonchev–Trinajstić information content (AvgIpc) is 3.04. The Labute approximate surface area is 160 Å². The molecule has 5 nitrogen and oxygen atoms in total. The van der Waals surface area contributed by atoms with Gasteiger partial charge in [-0.05, 0) is 62.4 Å². The second-order valence-electron chi connectivity index (χ2n) is 7.23. The second-order valence-corrected chi connectivity index (χ2v) is 7.23. The Morgan fingerprint density at radius 2 is 2.07 bits per heavy atom. The lowest BCUT2D eigenvalue weighted by atomic mass is 10.0. The number of benzene rings is 1. The molecule has 140 valence electrons. The molecule has 4 rings (SSSR count). The highest BCUT2D eigenvalue weighted by atomic mass is 16.5. The van der Waals surface area contributed by atoms with Crippen LogP contribution in [0.2, 0.25) is 0 Å². The third kappa shape index (κ3) is 3.74. The molecule has 0 fully saturated rings. The highest BCUT2D eigenvalue weighted by molar-refractivity contribution is 5.38. The Bertz CT molecular complexity index is 930. The molecule has 3 heterocycles. The van der Waals surface area contributed by atoms with E-state index in [0.29, 0.717) is 0 Å². The number of fused-ring (bicyclic) bond motifs is 1. The van der Waals surface area contributed by atoms with Crippen molar-refractivity contribution >= 4 is 0 Å². The summed E-state index contributed by atoms with van der Waals surface area (Å²) in [7, 11) is 0. The van der Waals surface area contributed by atoms with Crippen molar-refractivity contribution in [3.05, 3.63) is 70.9 Å². The number of ether oxygens (including phenoxy) is 1. The van der Waals surface area contributed by atoms with Crippen molar-refractivity contribution in [3.8, 4) is 11.6 Å². The number of rotatable bonds is 5. The number of hydrogen-bond donors (Lipinski definition) is 1. The minimum atomic E-state index is 0.226. The first-order valence-electron chi connectivity index (χ1n) is 9.56. The van der Waals surface area contributed by atoms with Crippen LogP contribution < -0.4 is 10.1 Å². The Balaban J connectivity index is 1.41. The second kappa shape index (κ2) is 7.53. The number of imidazole rings is 1. The molecule has 1 unspecified atom stereocenters. The zero-order valence-corrected chi connectivity index (χ0v) is 16.2. The van der Waals surface area contributed by atoms with Gasteiger partial charge in [-0.25, -0.2) is 9.97 Å². The van der Waals surface area contributed by atoms with E-state index >= 15 is 0 Å². The minimum Gasteiger partial charge on any atom is -0.493 e. The standard InChI is InChI=1S/C22H26N4O/c1-15-17(3)26(14-25-15)22-9-7-20(13-24-22)16(2)23-12-18-6-8-21-19(11-18)5-4-10-27-21/h6-9,11,13-14,16,23H,4-5,10,12H2,1-3H3. The first-order valence-corrected chi connectivity index (χ1v) is 9.56. The molecule has 2 aromatic heterocycles. The van der Waals surface area contributed by atoms with Crippen LogP contribution in [0.5, 0.6) is 5.75 Å². The summed E-state index contributed by atoms with van der Waals surface area (Å²) in [6.45, 7) is 7.91. The topological polar surface area (TPSA) is 52.0 Å². The molecule has 0 radical (unpaired) electrons. The van der Waals surface area contributed by atoms with Gasteiger partial charge in [0.2, 0.25) is 0 Å². The number of pyridine rings is 1. The van der Waals surface area contributed by atoms with Gasteiger partial charge in [0.05, 0.1) is 12.3 Å². The van der Waals surface area contributed by atoms with Gasteiger partial charge in [-0.1, -0.05) is 18.2 Å². The van der Waals surface area contributed by atoms with Gasteiger partial charge in [-0.3, -0.25) is 4.57 Å². The predicted octanol–water partition coefficient (Wildman–Crippen LogP) is 4.06. The Hall–Kier alpha value is -2.66. The van der Waals surface area contributed by atoms with Gasteiger partial charge in [-0.2, -0.15) is 0 Å². The molecule has 1 N–H and O–H groups in total. The van der Waals surface area contributed by atoms with Crippen molar-refractivity contribution in [1.82, 2.24) is 19.9 Å². The van der Waals surface area contributed by atoms with E-state index in [9.17, 15) is 0 Å². The molecule has 0 saturated carbocycles. The Morgan fingerprint density at radius 3 is 2.81 bits per heavy atom. The van der Waals surface area contributed by atoms with E-state index in [1.807, 2.05) is 24.0 Å². The first kappa shape index (κ1) is 17.7. The molecular formula is C22H26N4O. The van der Waals surface area contributed by atoms with Crippen LogP contribution in [0.15, 0.2) is 42.9 Å². The third-order valence-electron chi connectivity index (χ3n) is 5.35. The smallest absolute Gasteiger partial charge is 0.138 e. The van der Waals surface area contributed by atoms with Crippen LogP contribution in [-0.2, 0) is 13.0 Å². The fraction of sp³-hybridized carbons (Fsp3) is 0.364. The number of hydrogen-bond acceptors (Lipinski definition) is 4. The van der Waals surface area contributed by atoms with Gasteiger partial charge < -0.3 is 10.1 Å². The molecule has 27 heavy (non-hydrogen) atoms. The van der Waals surface area contributed by atoms with Gasteiger partial charge in [0.1, 0.15) is 17.9 Å². The van der Waals surface area contributed by atoms with E-state index in [2.05, 4.69) is 59.5 Å². The van der Waals surface area contributed by atoms with Crippen LogP contribution in [0.4, 0.5) is 0 Å². The fourth-order valence-electron chi connectivity index (χ4n) is 3.44. The van der Waals surface area contributed by atoms with Crippen molar-refractivity contribution in [3.63, 3.8) is 0 Å². The summed E-state index contributed by atoms with van der Waals surface area (Å²) in [5, 5.41) is 3.60. The van der Waals surface area contributed by atoms with Crippen LogP contribution in [0, 0.1) is 13.8 Å². The van der Waals surface area contributed by atoms with Gasteiger partial charge in [0.15, 0.2) is 0 Å². The van der Waals surface area contributed by atoms with Crippen molar-refractivity contribution in [2.24, 2.45) is 0 Å². The summed E-state index contributed by atoms with van der Waals surface area (Å²) >= 11 is 0. The van der Waals surface area contributed by atoms with Crippen molar-refractivity contribution in [2.45, 2.75) is 46.2 Å². The largest absolute Gasteiger partial charge is 0.493 e. The van der Waals surface area contributed by atoms with E-state index < -0.39 is 0 Å². The number of aromatic nitrogens is 3. The van der Waals surface area contributed by atoms with Crippen LogP contribution in [0.3, 0.4) is 0 Å². The third-order valence-corrected chi connectivity index (χ3v) is 5.35. The number of nitrogens with zero attached hydrogens (tertiary/aromatic N) is 3. The van der Waals surface area contributed by atoms with E-state index in [0.717, 1.165) is 48.9 Å². The molecule has 0 spiro atoms. The molecule has 1 aromatic carbocycles. The molecule has 5 heteroatoms. The SMILES string of the molecule is Cc1ncn(-c2ccc(C(C)NCc3ccc4c(c3)CCCO4)cn2)c1C. The van der Waals surface area contributed by atoms with Gasteiger partial charge in [0, 0.05) is 24.5 Å². The monoisotopic (exact) mass is 362 g/mol. The van der Waals surface area contributed by atoms with E-state index in [4.69, 9.17) is 4.74 Å². The average molecular weight is 362 g/mol.